The number of nitrogens with one attached hydrogen (secondary N) is 1. The summed E-state index contributed by atoms with van der Waals surface area (Å²) in [5.41, 5.74) is 4.79. The first kappa shape index (κ1) is 21.5. The summed E-state index contributed by atoms with van der Waals surface area (Å²) in [6.45, 7) is 11.8. The Morgan fingerprint density at radius 2 is 1.78 bits per heavy atom. The molecule has 1 aromatic heterocycles. The Morgan fingerprint density at radius 3 is 2.33 bits per heavy atom. The van der Waals surface area contributed by atoms with Gasteiger partial charge in [-0.05, 0) is 32.9 Å². The van der Waals surface area contributed by atoms with Crippen LogP contribution in [0.2, 0.25) is 0 Å². The van der Waals surface area contributed by atoms with Crippen LogP contribution < -0.4 is 10.2 Å². The number of anilines is 1. The third-order valence-electron chi connectivity index (χ3n) is 5.08. The van der Waals surface area contributed by atoms with Gasteiger partial charge in [-0.2, -0.15) is 5.10 Å². The number of halogens is 1. The van der Waals surface area contributed by atoms with Crippen LogP contribution in [0.4, 0.5) is 5.69 Å². The molecule has 0 unspecified atom stereocenters. The summed E-state index contributed by atoms with van der Waals surface area (Å²) in [6.07, 6.45) is 0. The molecular formula is C20H31IN6. The fourth-order valence-electron chi connectivity index (χ4n) is 3.44. The van der Waals surface area contributed by atoms with Crippen molar-refractivity contribution in [3.05, 3.63) is 47.3 Å². The Balaban J connectivity index is 0.00000261. The van der Waals surface area contributed by atoms with Crippen LogP contribution in [0, 0.1) is 13.8 Å². The first-order chi connectivity index (χ1) is 12.6. The lowest BCUT2D eigenvalue weighted by molar-refractivity contribution is 0.372. The second-order valence-corrected chi connectivity index (χ2v) is 6.75. The Hall–Kier alpha value is -1.77. The largest absolute Gasteiger partial charge is 0.368 e. The molecule has 1 saturated heterocycles. The summed E-state index contributed by atoms with van der Waals surface area (Å²) in [6, 6.07) is 10.6. The smallest absolute Gasteiger partial charge is 0.194 e. The lowest BCUT2D eigenvalue weighted by Gasteiger charge is -2.37. The highest BCUT2D eigenvalue weighted by molar-refractivity contribution is 14.0. The van der Waals surface area contributed by atoms with Crippen molar-refractivity contribution in [2.45, 2.75) is 27.3 Å². The number of hydrogen-bond donors (Lipinski definition) is 1. The van der Waals surface area contributed by atoms with Crippen LogP contribution in [0.3, 0.4) is 0 Å². The van der Waals surface area contributed by atoms with E-state index >= 15 is 0 Å². The van der Waals surface area contributed by atoms with Crippen molar-refractivity contribution >= 4 is 35.6 Å². The van der Waals surface area contributed by atoms with Gasteiger partial charge in [-0.1, -0.05) is 18.2 Å². The quantitative estimate of drug-likeness (QED) is 0.414. The highest BCUT2D eigenvalue weighted by atomic mass is 127. The number of guanidine groups is 1. The minimum absolute atomic E-state index is 0. The van der Waals surface area contributed by atoms with Gasteiger partial charge in [-0.25, -0.2) is 4.99 Å². The maximum Gasteiger partial charge on any atom is 0.194 e. The van der Waals surface area contributed by atoms with Gasteiger partial charge in [0.2, 0.25) is 0 Å². The highest BCUT2D eigenvalue weighted by Crippen LogP contribution is 2.16. The first-order valence-corrected chi connectivity index (χ1v) is 9.42. The number of aliphatic imine (C=N–C) groups is 1. The first-order valence-electron chi connectivity index (χ1n) is 9.42. The zero-order valence-electron chi connectivity index (χ0n) is 16.8. The van der Waals surface area contributed by atoms with E-state index in [-0.39, 0.29) is 24.0 Å². The third-order valence-corrected chi connectivity index (χ3v) is 5.08. The number of aromatic nitrogens is 2. The average molecular weight is 482 g/mol. The van der Waals surface area contributed by atoms with Crippen LogP contribution >= 0.6 is 24.0 Å². The van der Waals surface area contributed by atoms with Crippen molar-refractivity contribution < 1.29 is 0 Å². The molecule has 1 fully saturated rings. The number of hydrogen-bond acceptors (Lipinski definition) is 3. The average Bonchev–Trinajstić information content (AvgIpc) is 2.91. The molecule has 1 aromatic carbocycles. The Labute approximate surface area is 179 Å². The monoisotopic (exact) mass is 482 g/mol. The van der Waals surface area contributed by atoms with Crippen LogP contribution in [0.25, 0.3) is 0 Å². The number of para-hydroxylation sites is 1. The molecule has 0 bridgehead atoms. The molecule has 0 amide bonds. The van der Waals surface area contributed by atoms with Gasteiger partial charge in [-0.15, -0.1) is 24.0 Å². The van der Waals surface area contributed by atoms with Crippen molar-refractivity contribution in [1.82, 2.24) is 20.0 Å². The van der Waals surface area contributed by atoms with Gasteiger partial charge in [0.05, 0.1) is 12.2 Å². The predicted octanol–water partition coefficient (Wildman–Crippen LogP) is 2.94. The predicted molar refractivity (Wildman–Crippen MR) is 123 cm³/mol. The van der Waals surface area contributed by atoms with Gasteiger partial charge in [0.1, 0.15) is 0 Å². The van der Waals surface area contributed by atoms with E-state index in [1.165, 1.54) is 16.9 Å². The van der Waals surface area contributed by atoms with Crippen LogP contribution in [0.15, 0.2) is 35.3 Å². The molecular weight excluding hydrogens is 451 g/mol. The van der Waals surface area contributed by atoms with Gasteiger partial charge in [0, 0.05) is 56.7 Å². The molecule has 0 saturated carbocycles. The number of rotatable bonds is 4. The van der Waals surface area contributed by atoms with Crippen LogP contribution in [-0.2, 0) is 13.6 Å². The normalized spacial score (nSPS) is 14.9. The minimum atomic E-state index is 0. The van der Waals surface area contributed by atoms with Crippen molar-refractivity contribution in [1.29, 1.82) is 0 Å². The number of benzene rings is 1. The van der Waals surface area contributed by atoms with Gasteiger partial charge < -0.3 is 15.1 Å². The molecule has 2 aromatic rings. The molecule has 1 aliphatic heterocycles. The van der Waals surface area contributed by atoms with E-state index in [0.29, 0.717) is 6.54 Å². The third kappa shape index (κ3) is 5.15. The van der Waals surface area contributed by atoms with E-state index in [0.717, 1.165) is 44.4 Å². The van der Waals surface area contributed by atoms with Gasteiger partial charge in [0.25, 0.3) is 0 Å². The van der Waals surface area contributed by atoms with Crippen molar-refractivity contribution in [3.63, 3.8) is 0 Å². The SMILES string of the molecule is CCNC(=NCc1c(C)nn(C)c1C)N1CCN(c2ccccc2)CC1.I. The summed E-state index contributed by atoms with van der Waals surface area (Å²) in [5.74, 6) is 1.00. The molecule has 7 heteroatoms. The number of aryl methyl sites for hydroxylation is 2. The summed E-state index contributed by atoms with van der Waals surface area (Å²) in [4.78, 5) is 9.70. The van der Waals surface area contributed by atoms with E-state index in [1.807, 2.05) is 11.7 Å². The second kappa shape index (κ2) is 9.96. The lowest BCUT2D eigenvalue weighted by Crippen LogP contribution is -2.52. The van der Waals surface area contributed by atoms with E-state index in [1.54, 1.807) is 0 Å². The molecule has 3 rings (SSSR count). The molecule has 0 atom stereocenters. The summed E-state index contributed by atoms with van der Waals surface area (Å²) >= 11 is 0. The summed E-state index contributed by atoms with van der Waals surface area (Å²) < 4.78 is 1.94. The zero-order valence-corrected chi connectivity index (χ0v) is 19.1. The molecule has 0 aliphatic carbocycles. The molecule has 148 valence electrons. The number of piperazine rings is 1. The standard InChI is InChI=1S/C20H30N6.HI/c1-5-21-20(22-15-19-16(2)23-24(4)17(19)3)26-13-11-25(12-14-26)18-9-7-6-8-10-18;/h6-10H,5,11-15H2,1-4H3,(H,21,22);1H. The van der Waals surface area contributed by atoms with E-state index in [9.17, 15) is 0 Å². The maximum atomic E-state index is 4.90. The molecule has 6 nitrogen and oxygen atoms in total. The molecule has 27 heavy (non-hydrogen) atoms. The van der Waals surface area contributed by atoms with E-state index in [4.69, 9.17) is 4.99 Å². The van der Waals surface area contributed by atoms with Crippen LogP contribution in [-0.4, -0.2) is 53.4 Å². The molecule has 1 aliphatic rings. The topological polar surface area (TPSA) is 48.7 Å². The molecule has 0 spiro atoms. The second-order valence-electron chi connectivity index (χ2n) is 6.75. The Morgan fingerprint density at radius 1 is 1.11 bits per heavy atom. The molecule has 1 N–H and O–H groups in total. The summed E-state index contributed by atoms with van der Waals surface area (Å²) in [5, 5.41) is 7.95. The van der Waals surface area contributed by atoms with Gasteiger partial charge >= 0.3 is 0 Å². The van der Waals surface area contributed by atoms with Gasteiger partial charge in [-0.3, -0.25) is 4.68 Å². The minimum Gasteiger partial charge on any atom is -0.368 e. The molecule has 2 heterocycles. The zero-order chi connectivity index (χ0) is 18.5. The number of nitrogens with zero attached hydrogens (tertiary/aromatic N) is 5. The van der Waals surface area contributed by atoms with Crippen LogP contribution in [0.1, 0.15) is 23.9 Å². The molecule has 0 radical (unpaired) electrons. The van der Waals surface area contributed by atoms with Crippen molar-refractivity contribution in [2.75, 3.05) is 37.6 Å². The Bertz CT molecular complexity index is 747. The van der Waals surface area contributed by atoms with Gasteiger partial charge in [0.15, 0.2) is 5.96 Å². The fraction of sp³-hybridized carbons (Fsp3) is 0.500. The van der Waals surface area contributed by atoms with E-state index in [2.05, 4.69) is 71.3 Å². The van der Waals surface area contributed by atoms with E-state index < -0.39 is 0 Å². The van der Waals surface area contributed by atoms with Crippen molar-refractivity contribution in [3.8, 4) is 0 Å². The summed E-state index contributed by atoms with van der Waals surface area (Å²) in [7, 11) is 1.99. The lowest BCUT2D eigenvalue weighted by atomic mass is 10.2. The maximum absolute atomic E-state index is 4.90. The van der Waals surface area contributed by atoms with Crippen LogP contribution in [0.5, 0.6) is 0 Å². The highest BCUT2D eigenvalue weighted by Gasteiger charge is 2.20. The Kier molecular flexibility index (Phi) is 7.94. The van der Waals surface area contributed by atoms with Crippen molar-refractivity contribution in [2.24, 2.45) is 12.0 Å². The fourth-order valence-corrected chi connectivity index (χ4v) is 3.44.